The zero-order chi connectivity index (χ0) is 18.5. The Morgan fingerprint density at radius 2 is 2.08 bits per heavy atom. The van der Waals surface area contributed by atoms with Crippen molar-refractivity contribution in [2.45, 2.75) is 24.8 Å². The van der Waals surface area contributed by atoms with Crippen molar-refractivity contribution in [3.05, 3.63) is 51.8 Å². The molecule has 1 fully saturated rings. The summed E-state index contributed by atoms with van der Waals surface area (Å²) in [7, 11) is 0. The number of aromatic nitrogens is 1. The smallest absolute Gasteiger partial charge is 0.249 e. The van der Waals surface area contributed by atoms with Crippen molar-refractivity contribution in [2.75, 3.05) is 29.1 Å². The molecule has 0 spiro atoms. The third-order valence-corrected chi connectivity index (χ3v) is 5.29. The number of carbonyl (C=O) groups excluding carboxylic acids is 1. The van der Waals surface area contributed by atoms with E-state index in [-0.39, 0.29) is 17.2 Å². The van der Waals surface area contributed by atoms with Gasteiger partial charge in [0.2, 0.25) is 11.5 Å². The molecule has 0 atom stereocenters. The average molecular weight is 368 g/mol. The van der Waals surface area contributed by atoms with Crippen LogP contribution in [-0.4, -0.2) is 29.7 Å². The minimum absolute atomic E-state index is 0.113. The summed E-state index contributed by atoms with van der Waals surface area (Å²) in [5, 5.41) is 12.6. The van der Waals surface area contributed by atoms with Gasteiger partial charge < -0.3 is 15.2 Å². The first-order valence-corrected chi connectivity index (χ1v) is 9.47. The predicted octanol–water partition coefficient (Wildman–Crippen LogP) is 2.89. The van der Waals surface area contributed by atoms with E-state index in [1.807, 2.05) is 24.3 Å². The monoisotopic (exact) mass is 368 g/mol. The number of nitrogens with zero attached hydrogens (tertiary/aromatic N) is 2. The molecule has 0 unspecified atom stereocenters. The first kappa shape index (κ1) is 18.1. The van der Waals surface area contributed by atoms with Crippen molar-refractivity contribution < 1.29 is 4.79 Å². The summed E-state index contributed by atoms with van der Waals surface area (Å²) in [6.45, 7) is 3.71. The largest absolute Gasteiger partial charge is 0.370 e. The van der Waals surface area contributed by atoms with E-state index in [0.717, 1.165) is 49.1 Å². The normalized spacial score (nSPS) is 13.5. The number of benzene rings is 1. The molecule has 0 bridgehead atoms. The maximum atomic E-state index is 12.4. The molecule has 6 nitrogen and oxygen atoms in total. The van der Waals surface area contributed by atoms with Gasteiger partial charge in [-0.1, -0.05) is 23.9 Å². The van der Waals surface area contributed by atoms with Gasteiger partial charge in [0.05, 0.1) is 27.7 Å². The molecule has 2 heterocycles. The van der Waals surface area contributed by atoms with E-state index >= 15 is 0 Å². The second kappa shape index (κ2) is 8.11. The van der Waals surface area contributed by atoms with Crippen LogP contribution in [0.1, 0.15) is 24.0 Å². The molecule has 1 aliphatic rings. The van der Waals surface area contributed by atoms with Crippen molar-refractivity contribution >= 4 is 29.0 Å². The Hall–Kier alpha value is -2.72. The van der Waals surface area contributed by atoms with E-state index in [4.69, 9.17) is 0 Å². The predicted molar refractivity (Wildman–Crippen MR) is 104 cm³/mol. The number of anilines is 2. The Bertz CT molecular complexity index is 910. The van der Waals surface area contributed by atoms with E-state index in [0.29, 0.717) is 16.2 Å². The fourth-order valence-corrected chi connectivity index (χ4v) is 3.91. The van der Waals surface area contributed by atoms with E-state index in [9.17, 15) is 14.9 Å². The number of pyridine rings is 1. The van der Waals surface area contributed by atoms with E-state index in [1.165, 1.54) is 6.07 Å². The molecular weight excluding hydrogens is 348 g/mol. The highest BCUT2D eigenvalue weighted by molar-refractivity contribution is 8.00. The number of aryl methyl sites for hydroxylation is 1. The minimum atomic E-state index is -0.274. The lowest BCUT2D eigenvalue weighted by Gasteiger charge is -2.21. The number of amides is 1. The van der Waals surface area contributed by atoms with Gasteiger partial charge in [0, 0.05) is 19.2 Å². The number of hydrogen-bond donors (Lipinski definition) is 2. The third-order valence-electron chi connectivity index (χ3n) is 4.29. The van der Waals surface area contributed by atoms with E-state index in [1.54, 1.807) is 6.92 Å². The molecule has 0 aliphatic carbocycles. The zero-order valence-corrected chi connectivity index (χ0v) is 15.4. The number of thioether (sulfide) groups is 1. The van der Waals surface area contributed by atoms with Crippen molar-refractivity contribution in [3.8, 4) is 6.07 Å². The van der Waals surface area contributed by atoms with Crippen molar-refractivity contribution in [1.82, 2.24) is 4.98 Å². The summed E-state index contributed by atoms with van der Waals surface area (Å²) >= 11 is 1.16. The summed E-state index contributed by atoms with van der Waals surface area (Å²) in [4.78, 5) is 28.9. The van der Waals surface area contributed by atoms with Crippen LogP contribution in [0.15, 0.2) is 40.2 Å². The SMILES string of the molecule is Cc1cc(=O)[nH]c(SCC(=O)Nc2ccccc2N2CCCC2)c1C#N. The molecule has 0 saturated carbocycles. The van der Waals surface area contributed by atoms with E-state index < -0.39 is 0 Å². The summed E-state index contributed by atoms with van der Waals surface area (Å²) in [6.07, 6.45) is 2.32. The molecule has 134 valence electrons. The quantitative estimate of drug-likeness (QED) is 0.792. The van der Waals surface area contributed by atoms with Crippen molar-refractivity contribution in [2.24, 2.45) is 0 Å². The van der Waals surface area contributed by atoms with Crippen LogP contribution >= 0.6 is 11.8 Å². The fraction of sp³-hybridized carbons (Fsp3) is 0.316. The molecule has 1 aliphatic heterocycles. The molecular formula is C19H20N4O2S. The molecule has 7 heteroatoms. The fourth-order valence-electron chi connectivity index (χ4n) is 3.04. The first-order valence-electron chi connectivity index (χ1n) is 8.49. The maximum absolute atomic E-state index is 12.4. The number of para-hydroxylation sites is 2. The number of rotatable bonds is 5. The number of aromatic amines is 1. The van der Waals surface area contributed by atoms with E-state index in [2.05, 4.69) is 21.3 Å². The maximum Gasteiger partial charge on any atom is 0.249 e. The number of nitriles is 1. The van der Waals surface area contributed by atoms with Crippen molar-refractivity contribution in [1.29, 1.82) is 5.26 Å². The summed E-state index contributed by atoms with van der Waals surface area (Å²) in [5.74, 6) is -0.0597. The van der Waals surface area contributed by atoms with Gasteiger partial charge in [-0.05, 0) is 37.5 Å². The van der Waals surface area contributed by atoms with Gasteiger partial charge in [0.15, 0.2) is 0 Å². The van der Waals surface area contributed by atoms with Crippen LogP contribution in [0.5, 0.6) is 0 Å². The zero-order valence-electron chi connectivity index (χ0n) is 14.5. The molecule has 3 rings (SSSR count). The van der Waals surface area contributed by atoms with Crippen LogP contribution in [0.2, 0.25) is 0 Å². The molecule has 2 N–H and O–H groups in total. The van der Waals surface area contributed by atoms with Crippen LogP contribution in [-0.2, 0) is 4.79 Å². The Balaban J connectivity index is 1.69. The molecule has 1 saturated heterocycles. The lowest BCUT2D eigenvalue weighted by molar-refractivity contribution is -0.113. The van der Waals surface area contributed by atoms with Crippen LogP contribution in [0.4, 0.5) is 11.4 Å². The van der Waals surface area contributed by atoms with Crippen LogP contribution in [0.3, 0.4) is 0 Å². The van der Waals surface area contributed by atoms with Gasteiger partial charge in [-0.15, -0.1) is 0 Å². The Morgan fingerprint density at radius 1 is 1.35 bits per heavy atom. The van der Waals surface area contributed by atoms with Crippen LogP contribution in [0.25, 0.3) is 0 Å². The van der Waals surface area contributed by atoms with Gasteiger partial charge in [0.1, 0.15) is 6.07 Å². The second-order valence-electron chi connectivity index (χ2n) is 6.18. The topological polar surface area (TPSA) is 89.0 Å². The molecule has 1 aromatic heterocycles. The van der Waals surface area contributed by atoms with Gasteiger partial charge in [-0.2, -0.15) is 5.26 Å². The molecule has 26 heavy (non-hydrogen) atoms. The van der Waals surface area contributed by atoms with Gasteiger partial charge in [-0.25, -0.2) is 0 Å². The summed E-state index contributed by atoms with van der Waals surface area (Å²) in [6, 6.07) is 11.2. The summed E-state index contributed by atoms with van der Waals surface area (Å²) in [5.41, 5.74) is 2.56. The summed E-state index contributed by atoms with van der Waals surface area (Å²) < 4.78 is 0. The third kappa shape index (κ3) is 4.09. The Morgan fingerprint density at radius 3 is 2.81 bits per heavy atom. The highest BCUT2D eigenvalue weighted by Crippen LogP contribution is 2.29. The average Bonchev–Trinajstić information content (AvgIpc) is 3.14. The standard InChI is InChI=1S/C19H20N4O2S/c1-13-10-17(24)22-19(14(13)11-20)26-12-18(25)21-15-6-2-3-7-16(15)23-8-4-5-9-23/h2-3,6-7,10H,4-5,8-9,12H2,1H3,(H,21,25)(H,22,24). The van der Waals surface area contributed by atoms with Crippen LogP contribution in [0, 0.1) is 18.3 Å². The number of carbonyl (C=O) groups is 1. The Labute approximate surface area is 156 Å². The van der Waals surface area contributed by atoms with Crippen LogP contribution < -0.4 is 15.8 Å². The Kier molecular flexibility index (Phi) is 5.64. The lowest BCUT2D eigenvalue weighted by Crippen LogP contribution is -2.22. The number of nitrogens with one attached hydrogen (secondary N) is 2. The minimum Gasteiger partial charge on any atom is -0.370 e. The molecule has 2 aromatic rings. The highest BCUT2D eigenvalue weighted by Gasteiger charge is 2.17. The first-order chi connectivity index (χ1) is 12.6. The molecule has 0 radical (unpaired) electrons. The molecule has 1 aromatic carbocycles. The second-order valence-corrected chi connectivity index (χ2v) is 7.17. The van der Waals surface area contributed by atoms with Gasteiger partial charge >= 0.3 is 0 Å². The highest BCUT2D eigenvalue weighted by atomic mass is 32.2. The van der Waals surface area contributed by atoms with Crippen molar-refractivity contribution in [3.63, 3.8) is 0 Å². The van der Waals surface area contributed by atoms with Gasteiger partial charge in [-0.3, -0.25) is 9.59 Å². The molecule has 1 amide bonds. The number of hydrogen-bond acceptors (Lipinski definition) is 5. The van der Waals surface area contributed by atoms with Gasteiger partial charge in [0.25, 0.3) is 0 Å². The number of H-pyrrole nitrogens is 1. The lowest BCUT2D eigenvalue weighted by atomic mass is 10.2.